The minimum absolute atomic E-state index is 0.123. The molecule has 1 saturated heterocycles. The number of aromatic nitrogens is 2. The maximum atomic E-state index is 12.7. The van der Waals surface area contributed by atoms with Crippen LogP contribution in [0.5, 0.6) is 0 Å². The maximum Gasteiger partial charge on any atom is 0.291 e. The number of aromatic amines is 1. The number of nitrogens with one attached hydrogen (secondary N) is 3. The Kier molecular flexibility index (Phi) is 7.20. The molecule has 1 aliphatic heterocycles. The van der Waals surface area contributed by atoms with Crippen molar-refractivity contribution in [2.24, 2.45) is 0 Å². The Hall–Kier alpha value is -3.44. The van der Waals surface area contributed by atoms with Gasteiger partial charge < -0.3 is 20.5 Å². The minimum Gasteiger partial charge on any atom is -0.342 e. The van der Waals surface area contributed by atoms with Gasteiger partial charge in [-0.05, 0) is 74.8 Å². The molecule has 2 amide bonds. The van der Waals surface area contributed by atoms with Crippen LogP contribution in [0.2, 0.25) is 0 Å². The number of carbonyl (C=O) groups is 2. The Labute approximate surface area is 194 Å². The molecule has 1 fully saturated rings. The van der Waals surface area contributed by atoms with Gasteiger partial charge in [0.25, 0.3) is 5.91 Å². The molecule has 0 spiro atoms. The smallest absolute Gasteiger partial charge is 0.291 e. The summed E-state index contributed by atoms with van der Waals surface area (Å²) in [7, 11) is 1.79. The summed E-state index contributed by atoms with van der Waals surface area (Å²) in [4.78, 5) is 33.6. The first kappa shape index (κ1) is 22.7. The third-order valence-electron chi connectivity index (χ3n) is 6.49. The van der Waals surface area contributed by atoms with Gasteiger partial charge in [-0.25, -0.2) is 4.98 Å². The molecule has 2 aromatic rings. The molecule has 4 rings (SSSR count). The predicted molar refractivity (Wildman–Crippen MR) is 127 cm³/mol. The zero-order valence-electron chi connectivity index (χ0n) is 19.0. The molecule has 33 heavy (non-hydrogen) atoms. The lowest BCUT2D eigenvalue weighted by Gasteiger charge is -2.32. The van der Waals surface area contributed by atoms with Crippen molar-refractivity contribution in [2.75, 3.05) is 32.0 Å². The third kappa shape index (κ3) is 5.32. The summed E-state index contributed by atoms with van der Waals surface area (Å²) in [5, 5.41) is 14.9. The van der Waals surface area contributed by atoms with E-state index < -0.39 is 0 Å². The standard InChI is InChI=1S/C25H30N6O2/c1-27-16-23(32)31-11-9-17(10-12-31)19-7-8-22(21(13-19)18-5-3-2-4-6-18)30-25(33)24-28-15-20(14-26)29-24/h5,7-8,13,15,17,27H,2-4,6,9-12,16H2,1H3,(H,28,29)(H,30,33). The molecule has 0 bridgehead atoms. The number of imidazole rings is 1. The first-order chi connectivity index (χ1) is 16.1. The number of likely N-dealkylation sites (tertiary alicyclic amines) is 1. The zero-order valence-corrected chi connectivity index (χ0v) is 19.0. The number of piperidine rings is 1. The minimum atomic E-state index is -0.363. The number of benzene rings is 1. The fraction of sp³-hybridized carbons (Fsp3) is 0.440. The number of hydrogen-bond donors (Lipinski definition) is 3. The number of H-pyrrole nitrogens is 1. The number of allylic oxidation sites excluding steroid dienone is 2. The van der Waals surface area contributed by atoms with Crippen molar-refractivity contribution in [3.8, 4) is 6.07 Å². The van der Waals surface area contributed by atoms with E-state index in [1.165, 1.54) is 23.8 Å². The molecular weight excluding hydrogens is 416 g/mol. The van der Waals surface area contributed by atoms with Crippen molar-refractivity contribution in [1.29, 1.82) is 5.26 Å². The van der Waals surface area contributed by atoms with Gasteiger partial charge in [-0.1, -0.05) is 12.1 Å². The topological polar surface area (TPSA) is 114 Å². The van der Waals surface area contributed by atoms with E-state index in [2.05, 4.69) is 38.8 Å². The third-order valence-corrected chi connectivity index (χ3v) is 6.49. The Bertz CT molecular complexity index is 1090. The number of rotatable bonds is 6. The number of amides is 2. The largest absolute Gasteiger partial charge is 0.342 e. The molecule has 8 heteroatoms. The molecule has 1 aliphatic carbocycles. The van der Waals surface area contributed by atoms with E-state index in [0.29, 0.717) is 12.5 Å². The highest BCUT2D eigenvalue weighted by Gasteiger charge is 2.25. The van der Waals surface area contributed by atoms with Crippen LogP contribution >= 0.6 is 0 Å². The predicted octanol–water partition coefficient (Wildman–Crippen LogP) is 3.42. The van der Waals surface area contributed by atoms with Gasteiger partial charge >= 0.3 is 0 Å². The van der Waals surface area contributed by atoms with Crippen LogP contribution in [0.3, 0.4) is 0 Å². The molecule has 0 unspecified atom stereocenters. The van der Waals surface area contributed by atoms with Crippen LogP contribution in [0, 0.1) is 11.3 Å². The van der Waals surface area contributed by atoms with Gasteiger partial charge in [0.2, 0.25) is 5.91 Å². The molecule has 8 nitrogen and oxygen atoms in total. The van der Waals surface area contributed by atoms with Gasteiger partial charge in [-0.3, -0.25) is 9.59 Å². The van der Waals surface area contributed by atoms with Gasteiger partial charge in [0.1, 0.15) is 11.8 Å². The normalized spacial score (nSPS) is 16.7. The van der Waals surface area contributed by atoms with E-state index in [9.17, 15) is 9.59 Å². The Morgan fingerprint density at radius 3 is 2.76 bits per heavy atom. The molecule has 0 radical (unpaired) electrons. The van der Waals surface area contributed by atoms with Crippen LogP contribution in [0.4, 0.5) is 5.69 Å². The Balaban J connectivity index is 1.54. The first-order valence-corrected chi connectivity index (χ1v) is 11.6. The second-order valence-corrected chi connectivity index (χ2v) is 8.68. The van der Waals surface area contributed by atoms with Crippen LogP contribution < -0.4 is 10.6 Å². The van der Waals surface area contributed by atoms with Crippen molar-refractivity contribution in [3.05, 3.63) is 53.1 Å². The molecular formula is C25H30N6O2. The highest BCUT2D eigenvalue weighted by molar-refractivity contribution is 6.03. The molecule has 1 aromatic carbocycles. The lowest BCUT2D eigenvalue weighted by atomic mass is 9.85. The quantitative estimate of drug-likeness (QED) is 0.629. The second kappa shape index (κ2) is 10.5. The summed E-state index contributed by atoms with van der Waals surface area (Å²) >= 11 is 0. The van der Waals surface area contributed by atoms with E-state index in [1.54, 1.807) is 7.05 Å². The lowest BCUT2D eigenvalue weighted by molar-refractivity contribution is -0.131. The van der Waals surface area contributed by atoms with Gasteiger partial charge in [0, 0.05) is 24.3 Å². The van der Waals surface area contributed by atoms with Crippen molar-refractivity contribution >= 4 is 23.1 Å². The molecule has 2 aliphatic rings. The summed E-state index contributed by atoms with van der Waals surface area (Å²) in [6.45, 7) is 1.91. The molecule has 1 aromatic heterocycles. The van der Waals surface area contributed by atoms with Crippen LogP contribution in [-0.2, 0) is 4.79 Å². The van der Waals surface area contributed by atoms with E-state index in [4.69, 9.17) is 5.26 Å². The average Bonchev–Trinajstić information content (AvgIpc) is 3.35. The maximum absolute atomic E-state index is 12.7. The van der Waals surface area contributed by atoms with E-state index in [0.717, 1.165) is 56.4 Å². The van der Waals surface area contributed by atoms with Crippen LogP contribution in [0.1, 0.15) is 71.9 Å². The van der Waals surface area contributed by atoms with Crippen LogP contribution in [0.15, 0.2) is 30.5 Å². The molecule has 2 heterocycles. The highest BCUT2D eigenvalue weighted by atomic mass is 16.2. The van der Waals surface area contributed by atoms with Gasteiger partial charge in [-0.15, -0.1) is 0 Å². The number of carbonyl (C=O) groups excluding carboxylic acids is 2. The van der Waals surface area contributed by atoms with Gasteiger partial charge in [-0.2, -0.15) is 5.26 Å². The fourth-order valence-electron chi connectivity index (χ4n) is 4.67. The van der Waals surface area contributed by atoms with Crippen LogP contribution in [0.25, 0.3) is 5.57 Å². The van der Waals surface area contributed by atoms with E-state index in [1.807, 2.05) is 17.0 Å². The summed E-state index contributed by atoms with van der Waals surface area (Å²) in [6.07, 6.45) is 9.86. The fourth-order valence-corrected chi connectivity index (χ4v) is 4.67. The van der Waals surface area contributed by atoms with Crippen molar-refractivity contribution < 1.29 is 9.59 Å². The zero-order chi connectivity index (χ0) is 23.2. The van der Waals surface area contributed by atoms with Crippen molar-refractivity contribution in [3.63, 3.8) is 0 Å². The number of likely N-dealkylation sites (N-methyl/N-ethyl adjacent to an activating group) is 1. The number of nitrogens with zero attached hydrogens (tertiary/aromatic N) is 3. The highest BCUT2D eigenvalue weighted by Crippen LogP contribution is 2.36. The van der Waals surface area contributed by atoms with Crippen molar-refractivity contribution in [1.82, 2.24) is 20.2 Å². The van der Waals surface area contributed by atoms with E-state index >= 15 is 0 Å². The van der Waals surface area contributed by atoms with Gasteiger partial charge in [0.15, 0.2) is 5.82 Å². The van der Waals surface area contributed by atoms with E-state index in [-0.39, 0.29) is 23.3 Å². The first-order valence-electron chi connectivity index (χ1n) is 11.6. The van der Waals surface area contributed by atoms with Crippen molar-refractivity contribution in [2.45, 2.75) is 44.4 Å². The number of hydrogen-bond acceptors (Lipinski definition) is 5. The summed E-state index contributed by atoms with van der Waals surface area (Å²) < 4.78 is 0. The Morgan fingerprint density at radius 2 is 2.09 bits per heavy atom. The Morgan fingerprint density at radius 1 is 1.27 bits per heavy atom. The molecule has 172 valence electrons. The second-order valence-electron chi connectivity index (χ2n) is 8.68. The molecule has 3 N–H and O–H groups in total. The van der Waals surface area contributed by atoms with Crippen LogP contribution in [-0.4, -0.2) is 53.4 Å². The number of nitriles is 1. The SMILES string of the molecule is CNCC(=O)N1CCC(c2ccc(NC(=O)c3ncc(C#N)[nH]3)c(C3=CCCCC3)c2)CC1. The summed E-state index contributed by atoms with van der Waals surface area (Å²) in [5.74, 6) is 0.301. The summed E-state index contributed by atoms with van der Waals surface area (Å²) in [5.41, 5.74) is 4.58. The molecule has 0 atom stereocenters. The summed E-state index contributed by atoms with van der Waals surface area (Å²) in [6, 6.07) is 8.23. The molecule has 0 saturated carbocycles. The number of anilines is 1. The average molecular weight is 447 g/mol. The van der Waals surface area contributed by atoms with Gasteiger partial charge in [0.05, 0.1) is 12.7 Å². The monoisotopic (exact) mass is 446 g/mol. The lowest BCUT2D eigenvalue weighted by Crippen LogP contribution is -2.41.